The Bertz CT molecular complexity index is 142. The number of hydrogen-bond acceptors (Lipinski definition) is 2. The molecule has 0 aromatic rings. The Kier molecular flexibility index (Phi) is 3.43. The fraction of sp³-hybridized carbons (Fsp3) is 0.778. The molecule has 1 N–H and O–H groups in total. The van der Waals surface area contributed by atoms with Crippen LogP contribution in [0.25, 0.3) is 0 Å². The van der Waals surface area contributed by atoms with E-state index in [-0.39, 0.29) is 0 Å². The molecule has 0 aliphatic carbocycles. The van der Waals surface area contributed by atoms with E-state index in [1.807, 2.05) is 0 Å². The van der Waals surface area contributed by atoms with Gasteiger partial charge in [0.2, 0.25) is 0 Å². The Morgan fingerprint density at radius 3 is 3.09 bits per heavy atom. The molecular formula is C9H17NO. The Hall–Kier alpha value is -0.500. The summed E-state index contributed by atoms with van der Waals surface area (Å²) in [5.41, 5.74) is 0. The van der Waals surface area contributed by atoms with E-state index in [4.69, 9.17) is 4.74 Å². The van der Waals surface area contributed by atoms with Crippen molar-refractivity contribution in [3.63, 3.8) is 0 Å². The molecule has 64 valence electrons. The van der Waals surface area contributed by atoms with Gasteiger partial charge in [-0.05, 0) is 26.0 Å². The summed E-state index contributed by atoms with van der Waals surface area (Å²) in [6, 6.07) is 0.400. The molecule has 0 radical (unpaired) electrons. The lowest BCUT2D eigenvalue weighted by Gasteiger charge is -2.13. The van der Waals surface area contributed by atoms with E-state index >= 15 is 0 Å². The van der Waals surface area contributed by atoms with Crippen LogP contribution in [0.3, 0.4) is 0 Å². The van der Waals surface area contributed by atoms with Gasteiger partial charge in [0, 0.05) is 6.42 Å². The highest BCUT2D eigenvalue weighted by Crippen LogP contribution is 2.12. The summed E-state index contributed by atoms with van der Waals surface area (Å²) >= 11 is 0. The molecule has 0 aromatic heterocycles. The van der Waals surface area contributed by atoms with Gasteiger partial charge >= 0.3 is 0 Å². The second kappa shape index (κ2) is 4.39. The van der Waals surface area contributed by atoms with Crippen LogP contribution < -0.4 is 5.32 Å². The van der Waals surface area contributed by atoms with Crippen LogP contribution in [-0.2, 0) is 4.74 Å². The summed E-state index contributed by atoms with van der Waals surface area (Å²) in [4.78, 5) is 0. The number of ether oxygens (including phenoxy) is 1. The molecule has 2 nitrogen and oxygen atoms in total. The average molecular weight is 155 g/mol. The summed E-state index contributed by atoms with van der Waals surface area (Å²) in [6.45, 7) is 6.26. The molecule has 1 aliphatic rings. The van der Waals surface area contributed by atoms with Crippen molar-refractivity contribution < 1.29 is 4.74 Å². The zero-order valence-corrected chi connectivity index (χ0v) is 7.39. The van der Waals surface area contributed by atoms with Crippen molar-refractivity contribution >= 4 is 0 Å². The van der Waals surface area contributed by atoms with Crippen LogP contribution in [-0.4, -0.2) is 19.2 Å². The summed E-state index contributed by atoms with van der Waals surface area (Å²) in [6.07, 6.45) is 4.43. The molecule has 11 heavy (non-hydrogen) atoms. The molecule has 0 amide bonds. The fourth-order valence-corrected chi connectivity index (χ4v) is 1.20. The standard InChI is InChI=1S/C9H17NO/c1-3-6-10-8(2)9-5-4-7-11-9/h5,8,10H,3-4,6-7H2,1-2H3. The van der Waals surface area contributed by atoms with Crippen LogP contribution in [0.15, 0.2) is 11.8 Å². The molecule has 0 saturated heterocycles. The van der Waals surface area contributed by atoms with E-state index in [1.54, 1.807) is 0 Å². The second-order valence-electron chi connectivity index (χ2n) is 2.92. The second-order valence-corrected chi connectivity index (χ2v) is 2.92. The maximum Gasteiger partial charge on any atom is 0.109 e. The molecule has 1 heterocycles. The predicted molar refractivity (Wildman–Crippen MR) is 46.4 cm³/mol. The smallest absolute Gasteiger partial charge is 0.109 e. The van der Waals surface area contributed by atoms with Crippen molar-refractivity contribution in [1.29, 1.82) is 0 Å². The van der Waals surface area contributed by atoms with Gasteiger partial charge in [-0.15, -0.1) is 0 Å². The van der Waals surface area contributed by atoms with Gasteiger partial charge in [0.25, 0.3) is 0 Å². The van der Waals surface area contributed by atoms with Crippen LogP contribution in [0, 0.1) is 0 Å². The molecule has 1 rings (SSSR count). The summed E-state index contributed by atoms with van der Waals surface area (Å²) in [5, 5.41) is 3.38. The van der Waals surface area contributed by atoms with Crippen molar-refractivity contribution in [2.45, 2.75) is 32.7 Å². The minimum absolute atomic E-state index is 0.400. The van der Waals surface area contributed by atoms with Gasteiger partial charge in [-0.1, -0.05) is 6.92 Å². The van der Waals surface area contributed by atoms with E-state index in [0.29, 0.717) is 6.04 Å². The quantitative estimate of drug-likeness (QED) is 0.667. The van der Waals surface area contributed by atoms with Crippen LogP contribution >= 0.6 is 0 Å². The van der Waals surface area contributed by atoms with Gasteiger partial charge in [-0.3, -0.25) is 0 Å². The highest BCUT2D eigenvalue weighted by Gasteiger charge is 2.12. The first-order valence-corrected chi connectivity index (χ1v) is 4.41. The lowest BCUT2D eigenvalue weighted by atomic mass is 10.2. The van der Waals surface area contributed by atoms with E-state index < -0.39 is 0 Å². The first-order valence-electron chi connectivity index (χ1n) is 4.41. The minimum atomic E-state index is 0.400. The lowest BCUT2D eigenvalue weighted by molar-refractivity contribution is 0.219. The summed E-state index contributed by atoms with van der Waals surface area (Å²) < 4.78 is 5.41. The minimum Gasteiger partial charge on any atom is -0.496 e. The lowest BCUT2D eigenvalue weighted by Crippen LogP contribution is -2.28. The molecule has 0 bridgehead atoms. The zero-order valence-electron chi connectivity index (χ0n) is 7.39. The Labute approximate surface area is 68.6 Å². The Balaban J connectivity index is 2.23. The maximum absolute atomic E-state index is 5.41. The van der Waals surface area contributed by atoms with Crippen LogP contribution in [0.2, 0.25) is 0 Å². The van der Waals surface area contributed by atoms with Gasteiger partial charge < -0.3 is 10.1 Å². The third kappa shape index (κ3) is 2.54. The average Bonchev–Trinajstić information content (AvgIpc) is 2.52. The number of nitrogens with one attached hydrogen (secondary N) is 1. The molecule has 1 atom stereocenters. The van der Waals surface area contributed by atoms with Crippen molar-refractivity contribution in [3.8, 4) is 0 Å². The summed E-state index contributed by atoms with van der Waals surface area (Å²) in [7, 11) is 0. The number of rotatable bonds is 4. The third-order valence-electron chi connectivity index (χ3n) is 1.86. The van der Waals surface area contributed by atoms with Crippen LogP contribution in [0.1, 0.15) is 26.7 Å². The fourth-order valence-electron chi connectivity index (χ4n) is 1.20. The van der Waals surface area contributed by atoms with Crippen LogP contribution in [0.4, 0.5) is 0 Å². The largest absolute Gasteiger partial charge is 0.496 e. The molecule has 0 fully saturated rings. The SMILES string of the molecule is CCCNC(C)C1=CCCO1. The molecule has 0 saturated carbocycles. The molecule has 1 unspecified atom stereocenters. The monoisotopic (exact) mass is 155 g/mol. The van der Waals surface area contributed by atoms with Gasteiger partial charge in [-0.2, -0.15) is 0 Å². The zero-order chi connectivity index (χ0) is 8.10. The van der Waals surface area contributed by atoms with Crippen LogP contribution in [0.5, 0.6) is 0 Å². The topological polar surface area (TPSA) is 21.3 Å². The van der Waals surface area contributed by atoms with Crippen molar-refractivity contribution in [2.75, 3.05) is 13.2 Å². The van der Waals surface area contributed by atoms with Gasteiger partial charge in [0.1, 0.15) is 5.76 Å². The highest BCUT2D eigenvalue weighted by molar-refractivity contribution is 5.05. The van der Waals surface area contributed by atoms with Crippen molar-refractivity contribution in [2.24, 2.45) is 0 Å². The van der Waals surface area contributed by atoms with E-state index in [2.05, 4.69) is 25.2 Å². The van der Waals surface area contributed by atoms with E-state index in [0.717, 1.165) is 25.3 Å². The molecule has 0 spiro atoms. The number of hydrogen-bond donors (Lipinski definition) is 1. The molecular weight excluding hydrogens is 138 g/mol. The predicted octanol–water partition coefficient (Wildman–Crippen LogP) is 1.68. The first kappa shape index (κ1) is 8.60. The highest BCUT2D eigenvalue weighted by atomic mass is 16.5. The molecule has 2 heteroatoms. The van der Waals surface area contributed by atoms with Gasteiger partial charge in [0.15, 0.2) is 0 Å². The van der Waals surface area contributed by atoms with Crippen molar-refractivity contribution in [1.82, 2.24) is 5.32 Å². The third-order valence-corrected chi connectivity index (χ3v) is 1.86. The van der Waals surface area contributed by atoms with Crippen molar-refractivity contribution in [3.05, 3.63) is 11.8 Å². The van der Waals surface area contributed by atoms with E-state index in [9.17, 15) is 0 Å². The molecule has 0 aromatic carbocycles. The Morgan fingerprint density at radius 2 is 2.55 bits per heavy atom. The normalized spacial score (nSPS) is 19.3. The van der Waals surface area contributed by atoms with Gasteiger partial charge in [0.05, 0.1) is 12.6 Å². The van der Waals surface area contributed by atoms with Gasteiger partial charge in [-0.25, -0.2) is 0 Å². The first-order chi connectivity index (χ1) is 5.34. The Morgan fingerprint density at radius 1 is 1.73 bits per heavy atom. The maximum atomic E-state index is 5.41. The molecule has 1 aliphatic heterocycles. The summed E-state index contributed by atoms with van der Waals surface area (Å²) in [5.74, 6) is 1.12. The van der Waals surface area contributed by atoms with E-state index in [1.165, 1.54) is 6.42 Å².